The zero-order chi connectivity index (χ0) is 15.6. The highest BCUT2D eigenvalue weighted by Gasteiger charge is 2.28. The first-order valence-corrected chi connectivity index (χ1v) is 10.2. The topological polar surface area (TPSA) is 72.2 Å². The van der Waals surface area contributed by atoms with Crippen molar-refractivity contribution in [3.63, 3.8) is 0 Å². The Morgan fingerprint density at radius 3 is 2.19 bits per heavy atom. The number of hydrogen-bond acceptors (Lipinski definition) is 4. The summed E-state index contributed by atoms with van der Waals surface area (Å²) in [6, 6.07) is 2.72. The third kappa shape index (κ3) is 4.20. The second-order valence-electron chi connectivity index (χ2n) is 5.14. The number of halogens is 2. The smallest absolute Gasteiger partial charge is 0.243 e. The molecule has 0 aliphatic heterocycles. The lowest BCUT2D eigenvalue weighted by atomic mass is 9.96. The van der Waals surface area contributed by atoms with Crippen LogP contribution >= 0.6 is 35.0 Å². The number of rotatable bonds is 4. The van der Waals surface area contributed by atoms with Crippen LogP contribution in [0.1, 0.15) is 25.7 Å². The van der Waals surface area contributed by atoms with Gasteiger partial charge in [0.15, 0.2) is 0 Å². The van der Waals surface area contributed by atoms with Crippen LogP contribution in [0.5, 0.6) is 0 Å². The summed E-state index contributed by atoms with van der Waals surface area (Å²) in [5.41, 5.74) is 5.94. The lowest BCUT2D eigenvalue weighted by Gasteiger charge is -2.28. The molecule has 118 valence electrons. The molecule has 1 aliphatic carbocycles. The molecule has 0 radical (unpaired) electrons. The van der Waals surface area contributed by atoms with Crippen LogP contribution < -0.4 is 10.5 Å². The second kappa shape index (κ2) is 6.96. The van der Waals surface area contributed by atoms with Crippen molar-refractivity contribution in [3.05, 3.63) is 22.2 Å². The van der Waals surface area contributed by atoms with E-state index in [1.54, 1.807) is 0 Å². The number of sulfonamides is 1. The summed E-state index contributed by atoms with van der Waals surface area (Å²) in [6.07, 6.45) is 5.77. The van der Waals surface area contributed by atoms with E-state index in [0.717, 1.165) is 25.7 Å². The van der Waals surface area contributed by atoms with Crippen molar-refractivity contribution in [2.75, 3.05) is 12.0 Å². The van der Waals surface area contributed by atoms with Crippen molar-refractivity contribution in [3.8, 4) is 0 Å². The van der Waals surface area contributed by atoms with Gasteiger partial charge in [0.05, 0.1) is 10.0 Å². The number of hydrogen-bond donors (Lipinski definition) is 2. The number of benzene rings is 1. The van der Waals surface area contributed by atoms with Gasteiger partial charge >= 0.3 is 0 Å². The van der Waals surface area contributed by atoms with E-state index in [4.69, 9.17) is 28.9 Å². The fourth-order valence-corrected chi connectivity index (χ4v) is 5.81. The Morgan fingerprint density at radius 1 is 1.19 bits per heavy atom. The standard InChI is InChI=1S/C13H18Cl2N2O2S2/c1-20-10-4-2-9(3-5-10)17-21(18,19)13-11(14)6-8(16)7-12(13)15/h6-7,9-10,17H,2-5,16H2,1H3. The Bertz CT molecular complexity index is 592. The van der Waals surface area contributed by atoms with E-state index in [1.165, 1.54) is 12.1 Å². The van der Waals surface area contributed by atoms with Gasteiger partial charge in [-0.15, -0.1) is 0 Å². The summed E-state index contributed by atoms with van der Waals surface area (Å²) in [4.78, 5) is -0.0907. The Kier molecular flexibility index (Phi) is 5.71. The number of nitrogens with one attached hydrogen (secondary N) is 1. The Hall–Kier alpha value is -0.140. The molecular weight excluding hydrogens is 351 g/mol. The minimum Gasteiger partial charge on any atom is -0.399 e. The third-order valence-corrected chi connectivity index (χ3v) is 7.20. The van der Waals surface area contributed by atoms with Gasteiger partial charge in [0, 0.05) is 17.0 Å². The minimum atomic E-state index is -3.74. The normalized spacial score (nSPS) is 23.2. The predicted octanol–water partition coefficient (Wildman–Crippen LogP) is 3.53. The molecule has 21 heavy (non-hydrogen) atoms. The molecule has 1 fully saturated rings. The molecule has 0 unspecified atom stereocenters. The van der Waals surface area contributed by atoms with Crippen LogP contribution in [0.15, 0.2) is 17.0 Å². The zero-order valence-corrected chi connectivity index (χ0v) is 14.7. The highest BCUT2D eigenvalue weighted by molar-refractivity contribution is 7.99. The Labute approximate surface area is 139 Å². The van der Waals surface area contributed by atoms with Crippen LogP contribution in [0.2, 0.25) is 10.0 Å². The SMILES string of the molecule is CSC1CCC(NS(=O)(=O)c2c(Cl)cc(N)cc2Cl)CC1. The van der Waals surface area contributed by atoms with Gasteiger partial charge in [-0.25, -0.2) is 13.1 Å². The van der Waals surface area contributed by atoms with E-state index in [2.05, 4.69) is 11.0 Å². The summed E-state index contributed by atoms with van der Waals surface area (Å²) < 4.78 is 27.7. The van der Waals surface area contributed by atoms with E-state index in [-0.39, 0.29) is 21.0 Å². The molecule has 1 aromatic rings. The van der Waals surface area contributed by atoms with Gasteiger partial charge in [0.1, 0.15) is 4.90 Å². The van der Waals surface area contributed by atoms with E-state index in [9.17, 15) is 8.42 Å². The molecule has 0 aromatic heterocycles. The van der Waals surface area contributed by atoms with Gasteiger partial charge in [-0.05, 0) is 44.1 Å². The molecule has 1 saturated carbocycles. The maximum Gasteiger partial charge on any atom is 0.243 e. The maximum absolute atomic E-state index is 12.5. The summed E-state index contributed by atoms with van der Waals surface area (Å²) in [5, 5.41) is 0.713. The molecule has 0 atom stereocenters. The summed E-state index contributed by atoms with van der Waals surface area (Å²) in [6.45, 7) is 0. The van der Waals surface area contributed by atoms with E-state index in [1.807, 2.05) is 11.8 Å². The lowest BCUT2D eigenvalue weighted by molar-refractivity contribution is 0.420. The van der Waals surface area contributed by atoms with Crippen LogP contribution in [-0.4, -0.2) is 26.0 Å². The Morgan fingerprint density at radius 2 is 1.71 bits per heavy atom. The van der Waals surface area contributed by atoms with Gasteiger partial charge in [0.2, 0.25) is 10.0 Å². The molecule has 0 bridgehead atoms. The predicted molar refractivity (Wildman–Crippen MR) is 90.8 cm³/mol. The third-order valence-electron chi connectivity index (χ3n) is 3.62. The van der Waals surface area contributed by atoms with Crippen molar-refractivity contribution in [2.24, 2.45) is 0 Å². The van der Waals surface area contributed by atoms with Crippen LogP contribution in [0, 0.1) is 0 Å². The summed E-state index contributed by atoms with van der Waals surface area (Å²) in [5.74, 6) is 0. The number of nitrogen functional groups attached to an aromatic ring is 1. The first kappa shape index (κ1) is 17.2. The molecule has 0 amide bonds. The molecule has 1 aliphatic rings. The van der Waals surface area contributed by atoms with Crippen LogP contribution in [0.3, 0.4) is 0 Å². The number of thioether (sulfide) groups is 1. The van der Waals surface area contributed by atoms with Crippen LogP contribution in [-0.2, 0) is 10.0 Å². The van der Waals surface area contributed by atoms with E-state index in [0.29, 0.717) is 10.9 Å². The van der Waals surface area contributed by atoms with Gasteiger partial charge in [0.25, 0.3) is 0 Å². The van der Waals surface area contributed by atoms with Crippen LogP contribution in [0.4, 0.5) is 5.69 Å². The van der Waals surface area contributed by atoms with Crippen molar-refractivity contribution in [1.29, 1.82) is 0 Å². The molecule has 3 N–H and O–H groups in total. The second-order valence-corrected chi connectivity index (χ2v) is 8.75. The van der Waals surface area contributed by atoms with Crippen molar-refractivity contribution in [2.45, 2.75) is 41.9 Å². The highest BCUT2D eigenvalue weighted by atomic mass is 35.5. The van der Waals surface area contributed by atoms with Gasteiger partial charge in [-0.2, -0.15) is 11.8 Å². The molecular formula is C13H18Cl2N2O2S2. The highest BCUT2D eigenvalue weighted by Crippen LogP contribution is 2.33. The maximum atomic E-state index is 12.5. The zero-order valence-electron chi connectivity index (χ0n) is 11.6. The van der Waals surface area contributed by atoms with Gasteiger partial charge < -0.3 is 5.73 Å². The van der Waals surface area contributed by atoms with Crippen LogP contribution in [0.25, 0.3) is 0 Å². The minimum absolute atomic E-state index is 0.0466. The fourth-order valence-electron chi connectivity index (χ4n) is 2.53. The van der Waals surface area contributed by atoms with Crippen molar-refractivity contribution in [1.82, 2.24) is 4.72 Å². The Balaban J connectivity index is 2.16. The largest absolute Gasteiger partial charge is 0.399 e. The number of anilines is 1. The van der Waals surface area contributed by atoms with Gasteiger partial charge in [-0.3, -0.25) is 0 Å². The fraction of sp³-hybridized carbons (Fsp3) is 0.538. The molecule has 8 heteroatoms. The summed E-state index contributed by atoms with van der Waals surface area (Å²) >= 11 is 13.8. The lowest BCUT2D eigenvalue weighted by Crippen LogP contribution is -2.38. The average molecular weight is 369 g/mol. The molecule has 4 nitrogen and oxygen atoms in total. The number of nitrogens with two attached hydrogens (primary N) is 1. The van der Waals surface area contributed by atoms with Crippen molar-refractivity contribution < 1.29 is 8.42 Å². The molecule has 2 rings (SSSR count). The molecule has 0 saturated heterocycles. The van der Waals surface area contributed by atoms with Gasteiger partial charge in [-0.1, -0.05) is 23.2 Å². The van der Waals surface area contributed by atoms with Crippen molar-refractivity contribution >= 4 is 50.7 Å². The quantitative estimate of drug-likeness (QED) is 0.797. The first-order valence-electron chi connectivity index (χ1n) is 6.63. The average Bonchev–Trinajstić information content (AvgIpc) is 2.37. The summed E-state index contributed by atoms with van der Waals surface area (Å²) in [7, 11) is -3.74. The first-order chi connectivity index (χ1) is 9.83. The molecule has 0 heterocycles. The monoisotopic (exact) mass is 368 g/mol. The molecule has 1 aromatic carbocycles. The molecule has 0 spiro atoms. The van der Waals surface area contributed by atoms with E-state index >= 15 is 0 Å². The van der Waals surface area contributed by atoms with E-state index < -0.39 is 10.0 Å².